The third-order valence-corrected chi connectivity index (χ3v) is 2.76. The summed E-state index contributed by atoms with van der Waals surface area (Å²) < 4.78 is 0. The van der Waals surface area contributed by atoms with E-state index in [1.807, 2.05) is 0 Å². The van der Waals surface area contributed by atoms with Crippen molar-refractivity contribution < 1.29 is 9.90 Å². The number of halogens is 2. The molecule has 1 N–H and O–H groups in total. The van der Waals surface area contributed by atoms with Gasteiger partial charge in [-0.1, -0.05) is 23.2 Å². The van der Waals surface area contributed by atoms with Crippen molar-refractivity contribution in [3.63, 3.8) is 0 Å². The molecule has 3 nitrogen and oxygen atoms in total. The summed E-state index contributed by atoms with van der Waals surface area (Å²) in [6, 6.07) is 1.64. The summed E-state index contributed by atoms with van der Waals surface area (Å²) in [6.45, 7) is 3.30. The van der Waals surface area contributed by atoms with Crippen LogP contribution in [-0.4, -0.2) is 16.1 Å². The van der Waals surface area contributed by atoms with Crippen LogP contribution in [0.15, 0.2) is 12.3 Å². The first-order chi connectivity index (χ1) is 6.83. The van der Waals surface area contributed by atoms with Crippen molar-refractivity contribution in [2.75, 3.05) is 0 Å². The summed E-state index contributed by atoms with van der Waals surface area (Å²) in [7, 11) is 0. The maximum absolute atomic E-state index is 10.9. The highest BCUT2D eigenvalue weighted by atomic mass is 35.5. The molecule has 0 aliphatic carbocycles. The molecule has 0 spiro atoms. The fourth-order valence-electron chi connectivity index (χ4n) is 1.14. The third kappa shape index (κ3) is 3.08. The summed E-state index contributed by atoms with van der Waals surface area (Å²) in [5, 5.41) is 9.52. The van der Waals surface area contributed by atoms with Gasteiger partial charge in [0.05, 0.1) is 10.4 Å². The standard InChI is InChI=1S/C10H11Cl2NO2/c1-10(2,9(14)15)4-6-3-7(11)8(12)13-5-6/h3,5H,4H2,1-2H3,(H,14,15). The number of carboxylic acids is 1. The van der Waals surface area contributed by atoms with Gasteiger partial charge in [-0.05, 0) is 31.9 Å². The quantitative estimate of drug-likeness (QED) is 0.836. The van der Waals surface area contributed by atoms with E-state index in [0.717, 1.165) is 5.56 Å². The van der Waals surface area contributed by atoms with Gasteiger partial charge in [0, 0.05) is 6.20 Å². The summed E-state index contributed by atoms with van der Waals surface area (Å²) in [5.41, 5.74) is -0.0736. The highest BCUT2D eigenvalue weighted by molar-refractivity contribution is 6.41. The Balaban J connectivity index is 2.91. The van der Waals surface area contributed by atoms with Crippen LogP contribution in [0.2, 0.25) is 10.2 Å². The zero-order valence-electron chi connectivity index (χ0n) is 8.42. The molecule has 15 heavy (non-hydrogen) atoms. The Morgan fingerprint density at radius 3 is 2.60 bits per heavy atom. The number of pyridine rings is 1. The molecule has 0 aliphatic rings. The zero-order chi connectivity index (χ0) is 11.6. The van der Waals surface area contributed by atoms with Gasteiger partial charge in [0.25, 0.3) is 0 Å². The Hall–Kier alpha value is -0.800. The predicted octanol–water partition coefficient (Wildman–Crippen LogP) is 3.04. The minimum absolute atomic E-state index is 0.230. The second-order valence-electron chi connectivity index (χ2n) is 3.98. The summed E-state index contributed by atoms with van der Waals surface area (Å²) in [4.78, 5) is 14.8. The minimum Gasteiger partial charge on any atom is -0.481 e. The molecule has 0 amide bonds. The minimum atomic E-state index is -0.853. The van der Waals surface area contributed by atoms with Crippen LogP contribution in [0.3, 0.4) is 0 Å². The topological polar surface area (TPSA) is 50.2 Å². The second-order valence-corrected chi connectivity index (χ2v) is 4.75. The van der Waals surface area contributed by atoms with Crippen LogP contribution in [0.5, 0.6) is 0 Å². The Kier molecular flexibility index (Phi) is 3.58. The van der Waals surface area contributed by atoms with E-state index < -0.39 is 11.4 Å². The molecule has 0 bridgehead atoms. The van der Waals surface area contributed by atoms with Gasteiger partial charge in [-0.3, -0.25) is 4.79 Å². The average Bonchev–Trinajstić information content (AvgIpc) is 2.10. The highest BCUT2D eigenvalue weighted by Crippen LogP contribution is 2.25. The molecule has 1 aromatic heterocycles. The number of nitrogens with zero attached hydrogens (tertiary/aromatic N) is 1. The number of rotatable bonds is 3. The first-order valence-electron chi connectivity index (χ1n) is 4.36. The van der Waals surface area contributed by atoms with E-state index >= 15 is 0 Å². The summed E-state index contributed by atoms with van der Waals surface area (Å²) >= 11 is 11.4. The van der Waals surface area contributed by atoms with E-state index in [0.29, 0.717) is 11.4 Å². The fraction of sp³-hybridized carbons (Fsp3) is 0.400. The van der Waals surface area contributed by atoms with E-state index in [4.69, 9.17) is 28.3 Å². The number of hydrogen-bond acceptors (Lipinski definition) is 2. The first-order valence-corrected chi connectivity index (χ1v) is 5.12. The smallest absolute Gasteiger partial charge is 0.309 e. The number of aliphatic carboxylic acids is 1. The Morgan fingerprint density at radius 2 is 2.13 bits per heavy atom. The Labute approximate surface area is 98.0 Å². The maximum Gasteiger partial charge on any atom is 0.309 e. The van der Waals surface area contributed by atoms with Crippen LogP contribution in [0.1, 0.15) is 19.4 Å². The molecular formula is C10H11Cl2NO2. The van der Waals surface area contributed by atoms with Crippen LogP contribution < -0.4 is 0 Å². The van der Waals surface area contributed by atoms with E-state index in [1.165, 1.54) is 0 Å². The van der Waals surface area contributed by atoms with Gasteiger partial charge in [0.15, 0.2) is 0 Å². The van der Waals surface area contributed by atoms with E-state index in [-0.39, 0.29) is 5.15 Å². The molecule has 0 aromatic carbocycles. The molecule has 1 rings (SSSR count). The largest absolute Gasteiger partial charge is 0.481 e. The molecule has 0 radical (unpaired) electrons. The number of aromatic nitrogens is 1. The second kappa shape index (κ2) is 4.37. The Morgan fingerprint density at radius 1 is 1.53 bits per heavy atom. The highest BCUT2D eigenvalue weighted by Gasteiger charge is 2.27. The van der Waals surface area contributed by atoms with Crippen molar-refractivity contribution in [1.82, 2.24) is 4.98 Å². The van der Waals surface area contributed by atoms with Crippen LogP contribution in [-0.2, 0) is 11.2 Å². The summed E-state index contributed by atoms with van der Waals surface area (Å²) in [5.74, 6) is -0.853. The maximum atomic E-state index is 10.9. The zero-order valence-corrected chi connectivity index (χ0v) is 9.93. The number of carboxylic acid groups (broad SMARTS) is 1. The predicted molar refractivity (Wildman–Crippen MR) is 59.4 cm³/mol. The van der Waals surface area contributed by atoms with Crippen molar-refractivity contribution in [1.29, 1.82) is 0 Å². The first kappa shape index (κ1) is 12.3. The normalized spacial score (nSPS) is 11.5. The van der Waals surface area contributed by atoms with Crippen molar-refractivity contribution in [2.45, 2.75) is 20.3 Å². The monoisotopic (exact) mass is 247 g/mol. The molecule has 82 valence electrons. The van der Waals surface area contributed by atoms with Gasteiger partial charge in [-0.2, -0.15) is 0 Å². The van der Waals surface area contributed by atoms with Gasteiger partial charge in [0.1, 0.15) is 5.15 Å². The lowest BCUT2D eigenvalue weighted by molar-refractivity contribution is -0.146. The summed E-state index contributed by atoms with van der Waals surface area (Å²) in [6.07, 6.45) is 1.91. The number of hydrogen-bond donors (Lipinski definition) is 1. The molecular weight excluding hydrogens is 237 g/mol. The van der Waals surface area contributed by atoms with Crippen molar-refractivity contribution in [3.8, 4) is 0 Å². The van der Waals surface area contributed by atoms with Crippen LogP contribution in [0.25, 0.3) is 0 Å². The van der Waals surface area contributed by atoms with Crippen molar-refractivity contribution >= 4 is 29.2 Å². The van der Waals surface area contributed by atoms with E-state index in [9.17, 15) is 4.79 Å². The van der Waals surface area contributed by atoms with Gasteiger partial charge in [-0.15, -0.1) is 0 Å². The average molecular weight is 248 g/mol. The SMILES string of the molecule is CC(C)(Cc1cnc(Cl)c(Cl)c1)C(=O)O. The van der Waals surface area contributed by atoms with Gasteiger partial charge >= 0.3 is 5.97 Å². The Bertz CT molecular complexity index is 391. The molecule has 0 atom stereocenters. The molecule has 1 aromatic rings. The van der Waals surface area contributed by atoms with Gasteiger partial charge < -0.3 is 5.11 Å². The fourth-order valence-corrected chi connectivity index (χ4v) is 1.44. The van der Waals surface area contributed by atoms with E-state index in [1.54, 1.807) is 26.1 Å². The van der Waals surface area contributed by atoms with E-state index in [2.05, 4.69) is 4.98 Å². The van der Waals surface area contributed by atoms with Crippen LogP contribution in [0, 0.1) is 5.41 Å². The molecule has 5 heteroatoms. The van der Waals surface area contributed by atoms with Gasteiger partial charge in [0.2, 0.25) is 0 Å². The molecule has 1 heterocycles. The lowest BCUT2D eigenvalue weighted by Crippen LogP contribution is -2.26. The molecule has 0 aliphatic heterocycles. The number of carbonyl (C=O) groups is 1. The lowest BCUT2D eigenvalue weighted by atomic mass is 9.86. The van der Waals surface area contributed by atoms with Crippen LogP contribution >= 0.6 is 23.2 Å². The van der Waals surface area contributed by atoms with Crippen molar-refractivity contribution in [2.24, 2.45) is 5.41 Å². The van der Waals surface area contributed by atoms with Crippen LogP contribution in [0.4, 0.5) is 0 Å². The molecule has 0 unspecified atom stereocenters. The lowest BCUT2D eigenvalue weighted by Gasteiger charge is -2.18. The molecule has 0 fully saturated rings. The van der Waals surface area contributed by atoms with Gasteiger partial charge in [-0.25, -0.2) is 4.98 Å². The third-order valence-electron chi connectivity index (χ3n) is 2.08. The molecule has 0 saturated carbocycles. The molecule has 0 saturated heterocycles. The van der Waals surface area contributed by atoms with Crippen molar-refractivity contribution in [3.05, 3.63) is 28.0 Å².